The number of morpholine rings is 1. The van der Waals surface area contributed by atoms with E-state index in [2.05, 4.69) is 4.74 Å². The van der Waals surface area contributed by atoms with Crippen molar-refractivity contribution in [3.05, 3.63) is 24.0 Å². The van der Waals surface area contributed by atoms with E-state index in [9.17, 15) is 4.39 Å². The van der Waals surface area contributed by atoms with Gasteiger partial charge < -0.3 is 15.4 Å². The second kappa shape index (κ2) is 3.84. The molecule has 0 aromatic heterocycles. The highest BCUT2D eigenvalue weighted by molar-refractivity contribution is 5.54. The van der Waals surface area contributed by atoms with Crippen LogP contribution in [0.5, 0.6) is 0 Å². The van der Waals surface area contributed by atoms with Gasteiger partial charge in [0.25, 0.3) is 0 Å². The number of hydrogen-bond acceptors (Lipinski definition) is 3. The molecule has 14 heavy (non-hydrogen) atoms. The third-order valence-electron chi connectivity index (χ3n) is 1.63. The summed E-state index contributed by atoms with van der Waals surface area (Å²) in [5.41, 5.74) is 4.72. The van der Waals surface area contributed by atoms with Crippen molar-refractivity contribution in [2.45, 2.75) is 0 Å². The number of benzene rings is 1. The molecule has 1 aromatic rings. The molecule has 1 aliphatic rings. The van der Waals surface area contributed by atoms with Gasteiger partial charge >= 0.3 is 0 Å². The van der Waals surface area contributed by atoms with E-state index in [0.717, 1.165) is 12.1 Å². The van der Waals surface area contributed by atoms with Gasteiger partial charge in [-0.25, -0.2) is 4.39 Å². The maximum absolute atomic E-state index is 14.1. The Kier molecular flexibility index (Phi) is 1.01. The number of hydrogen-bond donors (Lipinski definition) is 1. The van der Waals surface area contributed by atoms with Gasteiger partial charge in [0, 0.05) is 18.7 Å². The van der Waals surface area contributed by atoms with Crippen LogP contribution in [-0.4, -0.2) is 26.1 Å². The average molecular weight is 204 g/mol. The maximum atomic E-state index is 14.1. The van der Waals surface area contributed by atoms with Crippen LogP contribution in [0.4, 0.5) is 15.8 Å². The number of rotatable bonds is 1. The molecule has 2 N–H and O–H groups in total. The standard InChI is InChI=1S/C10H13FN2O/c11-9-7-8(12)1-2-10(9)13-3-5-14-6-4-13/h1-2,7H,3-6,12H2/i3D2,4D2,5D2,6D2. The Hall–Kier alpha value is -1.29. The first kappa shape index (κ1) is 3.70. The molecule has 2 rings (SSSR count). The molecule has 0 aliphatic carbocycles. The second-order valence-corrected chi connectivity index (χ2v) is 2.58. The molecular weight excluding hydrogens is 183 g/mol. The summed E-state index contributed by atoms with van der Waals surface area (Å²) >= 11 is 0. The van der Waals surface area contributed by atoms with Crippen molar-refractivity contribution in [1.82, 2.24) is 0 Å². The highest BCUT2D eigenvalue weighted by Gasteiger charge is 2.14. The van der Waals surface area contributed by atoms with Crippen molar-refractivity contribution in [2.75, 3.05) is 36.7 Å². The van der Waals surface area contributed by atoms with Gasteiger partial charge in [0.1, 0.15) is 5.82 Å². The van der Waals surface area contributed by atoms with E-state index < -0.39 is 37.6 Å². The second-order valence-electron chi connectivity index (χ2n) is 2.58. The molecule has 76 valence electrons. The normalized spacial score (nSPS) is 39.9. The van der Waals surface area contributed by atoms with Crippen molar-refractivity contribution in [2.24, 2.45) is 0 Å². The number of nitrogen functional groups attached to an aromatic ring is 1. The van der Waals surface area contributed by atoms with Gasteiger partial charge in [-0.3, -0.25) is 0 Å². The van der Waals surface area contributed by atoms with Gasteiger partial charge in [-0.05, 0) is 18.2 Å². The van der Waals surface area contributed by atoms with E-state index >= 15 is 0 Å². The van der Waals surface area contributed by atoms with Crippen LogP contribution >= 0.6 is 0 Å². The van der Waals surface area contributed by atoms with E-state index in [0.29, 0.717) is 0 Å². The van der Waals surface area contributed by atoms with Crippen molar-refractivity contribution in [3.63, 3.8) is 0 Å². The van der Waals surface area contributed by atoms with Gasteiger partial charge in [0.15, 0.2) is 0 Å². The summed E-state index contributed by atoms with van der Waals surface area (Å²) in [6, 6.07) is 2.94. The molecule has 1 aliphatic heterocycles. The molecule has 0 radical (unpaired) electrons. The lowest BCUT2D eigenvalue weighted by Gasteiger charge is -2.29. The Bertz CT molecular complexity index is 583. The lowest BCUT2D eigenvalue weighted by molar-refractivity contribution is 0.122. The lowest BCUT2D eigenvalue weighted by atomic mass is 10.2. The first-order chi connectivity index (χ1) is 9.74. The lowest BCUT2D eigenvalue weighted by Crippen LogP contribution is -2.36. The van der Waals surface area contributed by atoms with E-state index in [4.69, 9.17) is 16.7 Å². The highest BCUT2D eigenvalue weighted by atomic mass is 19.1. The molecule has 1 saturated heterocycles. The SMILES string of the molecule is [2H]C1([2H])OC([2H])([2H])C([2H])([2H])N(c2ccc(N)cc2F)C1([2H])[2H]. The summed E-state index contributed by atoms with van der Waals surface area (Å²) in [6.07, 6.45) is 0. The van der Waals surface area contributed by atoms with Crippen LogP contribution < -0.4 is 10.6 Å². The van der Waals surface area contributed by atoms with Gasteiger partial charge in [-0.2, -0.15) is 0 Å². The predicted octanol–water partition coefficient (Wildman–Crippen LogP) is 1.24. The van der Waals surface area contributed by atoms with Gasteiger partial charge in [-0.1, -0.05) is 0 Å². The van der Waals surface area contributed by atoms with Crippen molar-refractivity contribution < 1.29 is 20.1 Å². The molecule has 1 aromatic carbocycles. The van der Waals surface area contributed by atoms with Crippen molar-refractivity contribution in [1.29, 1.82) is 0 Å². The molecule has 0 bridgehead atoms. The number of halogens is 1. The summed E-state index contributed by atoms with van der Waals surface area (Å²) in [6.45, 7) is -12.8. The Morgan fingerprint density at radius 3 is 2.79 bits per heavy atom. The van der Waals surface area contributed by atoms with Crippen molar-refractivity contribution >= 4 is 11.4 Å². The van der Waals surface area contributed by atoms with E-state index in [1.54, 1.807) is 0 Å². The van der Waals surface area contributed by atoms with Crippen molar-refractivity contribution in [3.8, 4) is 0 Å². The third kappa shape index (κ3) is 1.80. The molecule has 4 heteroatoms. The fourth-order valence-corrected chi connectivity index (χ4v) is 1.02. The first-order valence-electron chi connectivity index (χ1n) is 7.79. The molecular formula is C10H13FN2O. The fourth-order valence-electron chi connectivity index (χ4n) is 1.02. The number of ether oxygens (including phenoxy) is 1. The highest BCUT2D eigenvalue weighted by Crippen LogP contribution is 2.22. The Labute approximate surface area is 93.5 Å². The number of nitrogens with zero attached hydrogens (tertiary/aromatic N) is 1. The van der Waals surface area contributed by atoms with Gasteiger partial charge in [-0.15, -0.1) is 0 Å². The predicted molar refractivity (Wildman–Crippen MR) is 53.8 cm³/mol. The Morgan fingerprint density at radius 2 is 2.14 bits per heavy atom. The molecule has 0 spiro atoms. The van der Waals surface area contributed by atoms with Crippen LogP contribution in [0.15, 0.2) is 18.2 Å². The van der Waals surface area contributed by atoms with E-state index in [1.807, 2.05) is 0 Å². The van der Waals surface area contributed by atoms with E-state index in [1.165, 1.54) is 6.07 Å². The monoisotopic (exact) mass is 204 g/mol. The van der Waals surface area contributed by atoms with Crippen LogP contribution in [0.1, 0.15) is 11.0 Å². The maximum Gasteiger partial charge on any atom is 0.148 e. The smallest absolute Gasteiger partial charge is 0.148 e. The minimum Gasteiger partial charge on any atom is -0.399 e. The zero-order valence-electron chi connectivity index (χ0n) is 15.0. The molecule has 3 nitrogen and oxygen atoms in total. The third-order valence-corrected chi connectivity index (χ3v) is 1.63. The van der Waals surface area contributed by atoms with E-state index in [-0.39, 0.29) is 10.6 Å². The topological polar surface area (TPSA) is 38.5 Å². The largest absolute Gasteiger partial charge is 0.399 e. The molecule has 0 amide bonds. The average Bonchev–Trinajstić information content (AvgIpc) is 2.28. The molecule has 1 heterocycles. The fraction of sp³-hybridized carbons (Fsp3) is 0.400. The van der Waals surface area contributed by atoms with Gasteiger partial charge in [0.2, 0.25) is 0 Å². The summed E-state index contributed by atoms with van der Waals surface area (Å²) in [7, 11) is 0. The summed E-state index contributed by atoms with van der Waals surface area (Å²) in [5, 5.41) is 0. The van der Waals surface area contributed by atoms with Gasteiger partial charge in [0.05, 0.1) is 29.8 Å². The number of nitrogens with two attached hydrogens (primary N) is 1. The quantitative estimate of drug-likeness (QED) is 0.700. The summed E-state index contributed by atoms with van der Waals surface area (Å²) in [4.78, 5) is 0.0677. The zero-order valence-corrected chi connectivity index (χ0v) is 7.04. The minimum absolute atomic E-state index is 0.00153. The first-order valence-corrected chi connectivity index (χ1v) is 3.79. The van der Waals surface area contributed by atoms with Crippen LogP contribution in [0.3, 0.4) is 0 Å². The molecule has 1 fully saturated rings. The molecule has 0 unspecified atom stereocenters. The molecule has 0 saturated carbocycles. The van der Waals surface area contributed by atoms with Crippen LogP contribution in [0, 0.1) is 5.82 Å². The minimum atomic E-state index is -3.23. The van der Waals surface area contributed by atoms with Crippen LogP contribution in [0.2, 0.25) is 0 Å². The Balaban J connectivity index is 2.72. The summed E-state index contributed by atoms with van der Waals surface area (Å²) in [5.74, 6) is -1.11. The Morgan fingerprint density at radius 1 is 1.43 bits per heavy atom. The zero-order chi connectivity index (χ0) is 17.1. The van der Waals surface area contributed by atoms with Crippen LogP contribution in [0.25, 0.3) is 0 Å². The molecule has 0 atom stereocenters. The number of anilines is 2. The summed E-state index contributed by atoms with van der Waals surface area (Å²) < 4.78 is 79.7. The van der Waals surface area contributed by atoms with Crippen LogP contribution in [-0.2, 0) is 4.74 Å².